The topological polar surface area (TPSA) is 43.8 Å². The lowest BCUT2D eigenvalue weighted by atomic mass is 10.1. The number of rotatable bonds is 2. The molecule has 0 aliphatic heterocycles. The summed E-state index contributed by atoms with van der Waals surface area (Å²) in [6, 6.07) is 4.83. The first-order chi connectivity index (χ1) is 6.93. The molecule has 1 rings (SSSR count). The van der Waals surface area contributed by atoms with Crippen molar-refractivity contribution in [2.24, 2.45) is 0 Å². The molecule has 82 valence electrons. The van der Waals surface area contributed by atoms with Gasteiger partial charge in [0.1, 0.15) is 5.75 Å². The normalized spacial score (nSPS) is 9.87. The zero-order valence-electron chi connectivity index (χ0n) is 9.48. The lowest BCUT2D eigenvalue weighted by Crippen LogP contribution is -2.22. The Labute approximate surface area is 89.7 Å². The molecule has 0 heterocycles. The number of carbonyl (C=O) groups excluding carboxylic acids is 1. The number of phenols is 1. The summed E-state index contributed by atoms with van der Waals surface area (Å²) >= 11 is 0. The van der Waals surface area contributed by atoms with Gasteiger partial charge in [0.05, 0.1) is 5.69 Å². The molecule has 0 saturated carbocycles. The van der Waals surface area contributed by atoms with E-state index in [2.05, 4.69) is 0 Å². The van der Waals surface area contributed by atoms with Gasteiger partial charge >= 0.3 is 0 Å². The second-order valence-electron chi connectivity index (χ2n) is 3.80. The van der Waals surface area contributed by atoms with Crippen LogP contribution in [0.25, 0.3) is 0 Å². The molecule has 0 aromatic heterocycles. The molecule has 0 spiro atoms. The number of carbonyl (C=O) groups is 1. The lowest BCUT2D eigenvalue weighted by molar-refractivity contribution is 0.0827. The quantitative estimate of drug-likeness (QED) is 0.793. The molecule has 0 saturated heterocycles. The zero-order chi connectivity index (χ0) is 11.6. The predicted octanol–water partition coefficient (Wildman–Crippen LogP) is 1.16. The summed E-state index contributed by atoms with van der Waals surface area (Å²) < 4.78 is 0. The average molecular weight is 208 g/mol. The van der Waals surface area contributed by atoms with E-state index in [0.29, 0.717) is 11.3 Å². The van der Waals surface area contributed by atoms with Crippen molar-refractivity contribution < 1.29 is 9.90 Å². The van der Waals surface area contributed by atoms with Gasteiger partial charge in [-0.2, -0.15) is 0 Å². The minimum absolute atomic E-state index is 0.0712. The third kappa shape index (κ3) is 2.40. The SMILES string of the molecule is CN(C)C(=O)c1ccc(O)c(N(C)C)c1. The van der Waals surface area contributed by atoms with Gasteiger partial charge in [0.2, 0.25) is 0 Å². The molecule has 15 heavy (non-hydrogen) atoms. The fraction of sp³-hybridized carbons (Fsp3) is 0.364. The summed E-state index contributed by atoms with van der Waals surface area (Å²) in [5.74, 6) is 0.105. The highest BCUT2D eigenvalue weighted by atomic mass is 16.3. The van der Waals surface area contributed by atoms with Gasteiger partial charge in [0.15, 0.2) is 0 Å². The zero-order valence-corrected chi connectivity index (χ0v) is 9.48. The molecule has 1 aromatic rings. The summed E-state index contributed by atoms with van der Waals surface area (Å²) in [6.45, 7) is 0. The summed E-state index contributed by atoms with van der Waals surface area (Å²) in [5.41, 5.74) is 1.21. The summed E-state index contributed by atoms with van der Waals surface area (Å²) in [4.78, 5) is 14.9. The molecule has 0 fully saturated rings. The maximum absolute atomic E-state index is 11.7. The molecule has 0 bridgehead atoms. The molecule has 0 aliphatic carbocycles. The number of benzene rings is 1. The van der Waals surface area contributed by atoms with Crippen LogP contribution in [-0.2, 0) is 0 Å². The smallest absolute Gasteiger partial charge is 0.253 e. The van der Waals surface area contributed by atoms with Gasteiger partial charge in [-0.05, 0) is 18.2 Å². The van der Waals surface area contributed by atoms with Gasteiger partial charge in [-0.1, -0.05) is 0 Å². The Hall–Kier alpha value is -1.71. The molecule has 1 amide bonds. The van der Waals surface area contributed by atoms with E-state index in [1.165, 1.54) is 11.0 Å². The molecule has 0 atom stereocenters. The van der Waals surface area contributed by atoms with Crippen LogP contribution in [0, 0.1) is 0 Å². The Morgan fingerprint density at radius 2 is 1.80 bits per heavy atom. The molecular weight excluding hydrogens is 192 g/mol. The number of anilines is 1. The summed E-state index contributed by atoms with van der Waals surface area (Å²) in [7, 11) is 7.03. The van der Waals surface area contributed by atoms with E-state index in [0.717, 1.165) is 0 Å². The van der Waals surface area contributed by atoms with Gasteiger partial charge in [-0.15, -0.1) is 0 Å². The third-order valence-electron chi connectivity index (χ3n) is 2.11. The van der Waals surface area contributed by atoms with E-state index in [9.17, 15) is 9.90 Å². The Morgan fingerprint density at radius 1 is 1.20 bits per heavy atom. The van der Waals surface area contributed by atoms with Crippen LogP contribution in [0.1, 0.15) is 10.4 Å². The van der Waals surface area contributed by atoms with Crippen molar-refractivity contribution in [2.45, 2.75) is 0 Å². The molecular formula is C11H16N2O2. The van der Waals surface area contributed by atoms with Gasteiger partial charge in [0, 0.05) is 33.8 Å². The summed E-state index contributed by atoms with van der Waals surface area (Å²) in [6.07, 6.45) is 0. The average Bonchev–Trinajstić information content (AvgIpc) is 2.16. The highest BCUT2D eigenvalue weighted by molar-refractivity contribution is 5.95. The number of nitrogens with zero attached hydrogens (tertiary/aromatic N) is 2. The molecule has 1 N–H and O–H groups in total. The van der Waals surface area contributed by atoms with Gasteiger partial charge in [-0.25, -0.2) is 0 Å². The van der Waals surface area contributed by atoms with Crippen molar-refractivity contribution in [3.05, 3.63) is 23.8 Å². The maximum Gasteiger partial charge on any atom is 0.253 e. The molecule has 4 heteroatoms. The van der Waals surface area contributed by atoms with E-state index in [1.54, 1.807) is 31.1 Å². The van der Waals surface area contributed by atoms with Gasteiger partial charge in [-0.3, -0.25) is 4.79 Å². The van der Waals surface area contributed by atoms with Crippen LogP contribution >= 0.6 is 0 Å². The molecule has 0 unspecified atom stereocenters. The first-order valence-corrected chi connectivity index (χ1v) is 4.65. The highest BCUT2D eigenvalue weighted by Crippen LogP contribution is 2.26. The molecule has 4 nitrogen and oxygen atoms in total. The second-order valence-corrected chi connectivity index (χ2v) is 3.80. The minimum Gasteiger partial charge on any atom is -0.506 e. The van der Waals surface area contributed by atoms with Gasteiger partial charge < -0.3 is 14.9 Å². The van der Waals surface area contributed by atoms with Crippen LogP contribution < -0.4 is 4.90 Å². The number of phenolic OH excluding ortho intramolecular Hbond substituents is 1. The van der Waals surface area contributed by atoms with Crippen molar-refractivity contribution in [1.29, 1.82) is 0 Å². The van der Waals surface area contributed by atoms with Crippen molar-refractivity contribution in [3.63, 3.8) is 0 Å². The minimum atomic E-state index is -0.0712. The first-order valence-electron chi connectivity index (χ1n) is 4.65. The van der Waals surface area contributed by atoms with Crippen molar-refractivity contribution in [2.75, 3.05) is 33.1 Å². The van der Waals surface area contributed by atoms with Crippen molar-refractivity contribution in [1.82, 2.24) is 4.90 Å². The number of aromatic hydroxyl groups is 1. The fourth-order valence-electron chi connectivity index (χ4n) is 1.27. The second kappa shape index (κ2) is 4.21. The van der Waals surface area contributed by atoms with E-state index in [4.69, 9.17) is 0 Å². The standard InChI is InChI=1S/C11H16N2O2/c1-12(2)9-7-8(5-6-10(9)14)11(15)13(3)4/h5-7,14H,1-4H3. The number of amides is 1. The van der Waals surface area contributed by atoms with Crippen LogP contribution in [0.5, 0.6) is 5.75 Å². The van der Waals surface area contributed by atoms with Crippen LogP contribution in [0.4, 0.5) is 5.69 Å². The highest BCUT2D eigenvalue weighted by Gasteiger charge is 2.11. The Balaban J connectivity index is 3.13. The van der Waals surface area contributed by atoms with Crippen LogP contribution in [0.2, 0.25) is 0 Å². The Bertz CT molecular complexity index is 373. The summed E-state index contributed by atoms with van der Waals surface area (Å²) in [5, 5.41) is 9.56. The van der Waals surface area contributed by atoms with E-state index >= 15 is 0 Å². The Morgan fingerprint density at radius 3 is 2.27 bits per heavy atom. The van der Waals surface area contributed by atoms with Crippen LogP contribution in [0.15, 0.2) is 18.2 Å². The molecule has 0 radical (unpaired) electrons. The number of hydrogen-bond donors (Lipinski definition) is 1. The molecule has 1 aromatic carbocycles. The maximum atomic E-state index is 11.7. The fourth-order valence-corrected chi connectivity index (χ4v) is 1.27. The van der Waals surface area contributed by atoms with E-state index in [1.807, 2.05) is 14.1 Å². The van der Waals surface area contributed by atoms with Crippen LogP contribution in [-0.4, -0.2) is 44.1 Å². The van der Waals surface area contributed by atoms with Crippen LogP contribution in [0.3, 0.4) is 0 Å². The van der Waals surface area contributed by atoms with Crippen molar-refractivity contribution >= 4 is 11.6 Å². The number of hydrogen-bond acceptors (Lipinski definition) is 3. The monoisotopic (exact) mass is 208 g/mol. The predicted molar refractivity (Wildman–Crippen MR) is 60.5 cm³/mol. The van der Waals surface area contributed by atoms with Gasteiger partial charge in [0.25, 0.3) is 5.91 Å². The molecule has 0 aliphatic rings. The largest absolute Gasteiger partial charge is 0.506 e. The van der Waals surface area contributed by atoms with E-state index in [-0.39, 0.29) is 11.7 Å². The Kier molecular flexibility index (Phi) is 3.19. The van der Waals surface area contributed by atoms with Crippen molar-refractivity contribution in [3.8, 4) is 5.75 Å². The lowest BCUT2D eigenvalue weighted by Gasteiger charge is -2.16. The van der Waals surface area contributed by atoms with E-state index < -0.39 is 0 Å². The first kappa shape index (κ1) is 11.4. The third-order valence-corrected chi connectivity index (χ3v) is 2.11.